The molecule has 0 radical (unpaired) electrons. The molecule has 0 fully saturated rings. The molecule has 1 aliphatic rings. The third kappa shape index (κ3) is 2.61. The van der Waals surface area contributed by atoms with Crippen LogP contribution >= 0.6 is 15.9 Å². The number of aromatic hydroxyl groups is 1. The number of fused-ring (bicyclic) bond motifs is 1. The molecule has 0 saturated heterocycles. The largest absolute Gasteiger partial charge is 0.508 e. The second-order valence-electron chi connectivity index (χ2n) is 5.14. The summed E-state index contributed by atoms with van der Waals surface area (Å²) in [7, 11) is 0. The molecule has 0 bridgehead atoms. The maximum Gasteiger partial charge on any atom is 0.115 e. The fraction of sp³-hybridized carbons (Fsp3) is 0.250. The quantitative estimate of drug-likeness (QED) is 0.850. The highest BCUT2D eigenvalue weighted by Crippen LogP contribution is 2.36. The van der Waals surface area contributed by atoms with Crippen LogP contribution in [0.25, 0.3) is 0 Å². The van der Waals surface area contributed by atoms with E-state index in [0.29, 0.717) is 11.8 Å². The fourth-order valence-electron chi connectivity index (χ4n) is 2.77. The SMILES string of the molecule is Cc1cc(Br)cc(NC2CCc3cc(O)ccc32)c1. The third-order valence-electron chi connectivity index (χ3n) is 3.59. The predicted molar refractivity (Wildman–Crippen MR) is 81.7 cm³/mol. The lowest BCUT2D eigenvalue weighted by Gasteiger charge is -2.16. The fourth-order valence-corrected chi connectivity index (χ4v) is 3.38. The molecular formula is C16H16BrNO. The van der Waals surface area contributed by atoms with Crippen LogP contribution in [0.15, 0.2) is 40.9 Å². The van der Waals surface area contributed by atoms with Crippen molar-refractivity contribution in [2.75, 3.05) is 5.32 Å². The first kappa shape index (κ1) is 12.5. The molecule has 98 valence electrons. The van der Waals surface area contributed by atoms with E-state index in [9.17, 15) is 5.11 Å². The number of phenols is 1. The first-order valence-corrected chi connectivity index (χ1v) is 7.26. The molecule has 0 spiro atoms. The van der Waals surface area contributed by atoms with Crippen LogP contribution in [0, 0.1) is 6.92 Å². The summed E-state index contributed by atoms with van der Waals surface area (Å²) in [5.74, 6) is 0.359. The molecule has 1 atom stereocenters. The number of benzene rings is 2. The van der Waals surface area contributed by atoms with E-state index in [1.54, 1.807) is 6.07 Å². The van der Waals surface area contributed by atoms with Crippen LogP contribution in [-0.4, -0.2) is 5.11 Å². The van der Waals surface area contributed by atoms with Gasteiger partial charge in [0.25, 0.3) is 0 Å². The Labute approximate surface area is 121 Å². The van der Waals surface area contributed by atoms with Gasteiger partial charge < -0.3 is 10.4 Å². The second-order valence-corrected chi connectivity index (χ2v) is 6.05. The number of nitrogens with one attached hydrogen (secondary N) is 1. The number of aryl methyl sites for hydroxylation is 2. The minimum absolute atomic E-state index is 0.337. The van der Waals surface area contributed by atoms with Crippen LogP contribution in [0.4, 0.5) is 5.69 Å². The maximum atomic E-state index is 9.52. The van der Waals surface area contributed by atoms with Gasteiger partial charge in [0.15, 0.2) is 0 Å². The van der Waals surface area contributed by atoms with Crippen molar-refractivity contribution in [3.05, 3.63) is 57.6 Å². The molecular weight excluding hydrogens is 302 g/mol. The Morgan fingerprint density at radius 1 is 1.21 bits per heavy atom. The van der Waals surface area contributed by atoms with Gasteiger partial charge in [-0.2, -0.15) is 0 Å². The third-order valence-corrected chi connectivity index (χ3v) is 4.05. The Morgan fingerprint density at radius 2 is 2.05 bits per heavy atom. The number of hydrogen-bond acceptors (Lipinski definition) is 2. The van der Waals surface area contributed by atoms with Crippen molar-refractivity contribution < 1.29 is 5.11 Å². The first-order chi connectivity index (χ1) is 9.11. The van der Waals surface area contributed by atoms with Crippen molar-refractivity contribution in [1.29, 1.82) is 0 Å². The zero-order valence-electron chi connectivity index (χ0n) is 10.8. The topological polar surface area (TPSA) is 32.3 Å². The summed E-state index contributed by atoms with van der Waals surface area (Å²) in [5.41, 5.74) is 4.93. The number of anilines is 1. The van der Waals surface area contributed by atoms with Gasteiger partial charge in [-0.1, -0.05) is 22.0 Å². The molecule has 3 rings (SSSR count). The van der Waals surface area contributed by atoms with Gasteiger partial charge in [-0.15, -0.1) is 0 Å². The molecule has 1 aliphatic carbocycles. The summed E-state index contributed by atoms with van der Waals surface area (Å²) < 4.78 is 1.10. The highest BCUT2D eigenvalue weighted by molar-refractivity contribution is 9.10. The van der Waals surface area contributed by atoms with E-state index < -0.39 is 0 Å². The Hall–Kier alpha value is -1.48. The van der Waals surface area contributed by atoms with Gasteiger partial charge in [0.05, 0.1) is 6.04 Å². The smallest absolute Gasteiger partial charge is 0.115 e. The monoisotopic (exact) mass is 317 g/mol. The molecule has 0 heterocycles. The van der Waals surface area contributed by atoms with Gasteiger partial charge in [0.2, 0.25) is 0 Å². The summed E-state index contributed by atoms with van der Waals surface area (Å²) in [6.45, 7) is 2.09. The Morgan fingerprint density at radius 3 is 2.84 bits per heavy atom. The van der Waals surface area contributed by atoms with Gasteiger partial charge in [0.1, 0.15) is 5.75 Å². The minimum atomic E-state index is 0.337. The van der Waals surface area contributed by atoms with Gasteiger partial charge in [0, 0.05) is 10.2 Å². The zero-order valence-corrected chi connectivity index (χ0v) is 12.4. The Kier molecular flexibility index (Phi) is 3.23. The molecule has 0 aliphatic heterocycles. The lowest BCUT2D eigenvalue weighted by atomic mass is 10.1. The summed E-state index contributed by atoms with van der Waals surface area (Å²) in [6.07, 6.45) is 2.10. The van der Waals surface area contributed by atoms with Gasteiger partial charge in [-0.05, 0) is 66.8 Å². The molecule has 1 unspecified atom stereocenters. The molecule has 2 aromatic carbocycles. The van der Waals surface area contributed by atoms with E-state index in [-0.39, 0.29) is 0 Å². The lowest BCUT2D eigenvalue weighted by Crippen LogP contribution is -2.07. The minimum Gasteiger partial charge on any atom is -0.508 e. The highest BCUT2D eigenvalue weighted by Gasteiger charge is 2.22. The van der Waals surface area contributed by atoms with Crippen LogP contribution in [0.2, 0.25) is 0 Å². The van der Waals surface area contributed by atoms with Crippen molar-refractivity contribution in [1.82, 2.24) is 0 Å². The Balaban J connectivity index is 1.86. The summed E-state index contributed by atoms with van der Waals surface area (Å²) in [4.78, 5) is 0. The van der Waals surface area contributed by atoms with Crippen LogP contribution in [0.1, 0.15) is 29.2 Å². The zero-order chi connectivity index (χ0) is 13.4. The second kappa shape index (κ2) is 4.89. The molecule has 2 N–H and O–H groups in total. The average Bonchev–Trinajstić information content (AvgIpc) is 2.70. The predicted octanol–water partition coefficient (Wildman–Crippen LogP) is 4.56. The van der Waals surface area contributed by atoms with E-state index in [4.69, 9.17) is 0 Å². The lowest BCUT2D eigenvalue weighted by molar-refractivity contribution is 0.474. The van der Waals surface area contributed by atoms with Crippen molar-refractivity contribution in [2.24, 2.45) is 0 Å². The van der Waals surface area contributed by atoms with Crippen LogP contribution in [0.3, 0.4) is 0 Å². The number of hydrogen-bond donors (Lipinski definition) is 2. The number of rotatable bonds is 2. The molecule has 2 nitrogen and oxygen atoms in total. The van der Waals surface area contributed by atoms with Crippen LogP contribution < -0.4 is 5.32 Å². The van der Waals surface area contributed by atoms with Crippen molar-refractivity contribution in [3.8, 4) is 5.75 Å². The van der Waals surface area contributed by atoms with Crippen LogP contribution in [-0.2, 0) is 6.42 Å². The van der Waals surface area contributed by atoms with E-state index in [1.165, 1.54) is 16.7 Å². The van der Waals surface area contributed by atoms with E-state index >= 15 is 0 Å². The molecule has 0 amide bonds. The van der Waals surface area contributed by atoms with Crippen molar-refractivity contribution in [2.45, 2.75) is 25.8 Å². The summed E-state index contributed by atoms with van der Waals surface area (Å²) >= 11 is 3.53. The van der Waals surface area contributed by atoms with Gasteiger partial charge in [-0.25, -0.2) is 0 Å². The van der Waals surface area contributed by atoms with Gasteiger partial charge in [-0.3, -0.25) is 0 Å². The van der Waals surface area contributed by atoms with E-state index in [0.717, 1.165) is 23.0 Å². The van der Waals surface area contributed by atoms with E-state index in [2.05, 4.69) is 46.4 Å². The number of halogens is 1. The standard InChI is InChI=1S/C16H16BrNO/c1-10-6-12(17)9-13(7-10)18-16-5-2-11-8-14(19)3-4-15(11)16/h3-4,6-9,16,18-19H,2,5H2,1H3. The highest BCUT2D eigenvalue weighted by atomic mass is 79.9. The van der Waals surface area contributed by atoms with E-state index in [1.807, 2.05) is 12.1 Å². The summed E-state index contributed by atoms with van der Waals surface area (Å²) in [6, 6.07) is 12.4. The summed E-state index contributed by atoms with van der Waals surface area (Å²) in [5, 5.41) is 13.1. The normalized spacial score (nSPS) is 17.3. The Bertz CT molecular complexity index is 604. The van der Waals surface area contributed by atoms with Crippen molar-refractivity contribution >= 4 is 21.6 Å². The molecule has 2 aromatic rings. The van der Waals surface area contributed by atoms with Crippen molar-refractivity contribution in [3.63, 3.8) is 0 Å². The maximum absolute atomic E-state index is 9.52. The molecule has 19 heavy (non-hydrogen) atoms. The molecule has 0 saturated carbocycles. The molecule has 0 aromatic heterocycles. The van der Waals surface area contributed by atoms with Gasteiger partial charge >= 0.3 is 0 Å². The molecule has 3 heteroatoms. The first-order valence-electron chi connectivity index (χ1n) is 6.47. The number of phenolic OH excluding ortho intramolecular Hbond substituents is 1. The average molecular weight is 318 g/mol. The van der Waals surface area contributed by atoms with Crippen LogP contribution in [0.5, 0.6) is 5.75 Å².